The van der Waals surface area contributed by atoms with E-state index in [1.807, 2.05) is 24.3 Å². The summed E-state index contributed by atoms with van der Waals surface area (Å²) in [4.78, 5) is 84.1. The maximum absolute atomic E-state index is 14.0. The minimum absolute atomic E-state index is 0. The van der Waals surface area contributed by atoms with Gasteiger partial charge in [0, 0.05) is 86.4 Å². The minimum atomic E-state index is -1.23. The number of imide groups is 1. The number of urea groups is 1. The van der Waals surface area contributed by atoms with Gasteiger partial charge in [0.2, 0.25) is 5.91 Å². The predicted molar refractivity (Wildman–Crippen MR) is 222 cm³/mol. The number of carboxylic acids is 1. The Hall–Kier alpha value is -1.55. The van der Waals surface area contributed by atoms with Crippen LogP contribution in [-0.4, -0.2) is 237 Å². The summed E-state index contributed by atoms with van der Waals surface area (Å²) in [6.07, 6.45) is -1.27. The number of hydrogen-bond donors (Lipinski definition) is 4. The second-order valence-corrected chi connectivity index (χ2v) is 15.1. The second kappa shape index (κ2) is 25.3. The quantitative estimate of drug-likeness (QED) is 0.181. The number of nitrogens with one attached hydrogen (secondary N) is 1. The van der Waals surface area contributed by atoms with Crippen molar-refractivity contribution in [3.8, 4) is 0 Å². The van der Waals surface area contributed by atoms with E-state index in [1.165, 1.54) is 23.1 Å². The first-order valence-electron chi connectivity index (χ1n) is 17.3. The Morgan fingerprint density at radius 3 is 1.75 bits per heavy atom. The van der Waals surface area contributed by atoms with Crippen molar-refractivity contribution in [1.29, 1.82) is 0 Å². The zero-order valence-electron chi connectivity index (χ0n) is 31.5. The van der Waals surface area contributed by atoms with E-state index >= 15 is 0 Å². The molecule has 0 unspecified atom stereocenters. The van der Waals surface area contributed by atoms with Crippen LogP contribution in [-0.2, 0) is 20.8 Å². The number of nitrogens with zero attached hydrogens (tertiary/aromatic N) is 6. The van der Waals surface area contributed by atoms with Crippen LogP contribution in [0, 0.1) is 0 Å². The predicted octanol–water partition coefficient (Wildman–Crippen LogP) is 2.94. The summed E-state index contributed by atoms with van der Waals surface area (Å²) in [6, 6.07) is 11.5. The Kier molecular flexibility index (Phi) is 23.7. The van der Waals surface area contributed by atoms with Gasteiger partial charge in [0.25, 0.3) is 5.91 Å². The number of anilines is 1. The normalized spacial score (nSPS) is 18.4. The van der Waals surface area contributed by atoms with E-state index in [0.717, 1.165) is 24.7 Å². The van der Waals surface area contributed by atoms with Crippen LogP contribution in [0.25, 0.3) is 0 Å². The van der Waals surface area contributed by atoms with Crippen molar-refractivity contribution < 1.29 is 44.1 Å². The van der Waals surface area contributed by atoms with E-state index < -0.39 is 35.6 Å². The number of halogens is 3. The number of unbranched alkanes of at least 4 members (excludes halogenated alkanes) is 1. The summed E-state index contributed by atoms with van der Waals surface area (Å²) in [6.45, 7) is 2.33. The molecule has 16 nitrogen and oxygen atoms in total. The number of aliphatic carboxylic acids is 1. The van der Waals surface area contributed by atoms with Gasteiger partial charge in [0.1, 0.15) is 5.54 Å². The molecule has 22 heteroatoms. The Bertz CT molecular complexity index is 1700. The molecule has 2 aromatic carbocycles. The molecule has 1 atom stereocenters. The molecule has 2 aliphatic rings. The molecule has 0 spiro atoms. The standard InChI is InChI=1S/C35H44BrCl2N7O9.3In/c1-35(21-24-4-6-25(36)7-5-24)31(49)45(28-19-26(37)18-27(38)20-28)32(50)44(35)9-3-2-8-39-29(46)22-40-10-11-41(23-30(47)48)13-15-43(34(53)54)17-16-42(14-12-40)33(51)52;;;/h4-7,18-20H,2-3,8-17,21-23H2,1H3,(H,39,46)(H,47,48)(H,51,52)(H,53,54);;;/q;3*+3/t35-;;;/m0.../s1. The summed E-state index contributed by atoms with van der Waals surface area (Å²) >= 11 is 15.9. The Balaban J connectivity index is 0.00000541. The summed E-state index contributed by atoms with van der Waals surface area (Å²) in [5.74, 6) is -1.83. The third-order valence-corrected chi connectivity index (χ3v) is 10.4. The Morgan fingerprint density at radius 2 is 1.25 bits per heavy atom. The van der Waals surface area contributed by atoms with Crippen LogP contribution >= 0.6 is 39.1 Å². The maximum atomic E-state index is 14.0. The fraction of sp³-hybridized carbons (Fsp3) is 0.486. The monoisotopic (exact) mass is 1200 g/mol. The van der Waals surface area contributed by atoms with Crippen molar-refractivity contribution >= 4 is 158 Å². The zero-order valence-corrected chi connectivity index (χ0v) is 44.5. The van der Waals surface area contributed by atoms with Gasteiger partial charge in [-0.05, 0) is 55.7 Å². The van der Waals surface area contributed by atoms with Gasteiger partial charge in [-0.1, -0.05) is 51.3 Å². The zero-order chi connectivity index (χ0) is 39.6. The second-order valence-electron chi connectivity index (χ2n) is 13.3. The molecule has 4 rings (SSSR count). The van der Waals surface area contributed by atoms with Gasteiger partial charge < -0.3 is 35.3 Å². The molecule has 0 aromatic heterocycles. The van der Waals surface area contributed by atoms with E-state index in [2.05, 4.69) is 21.2 Å². The van der Waals surface area contributed by atoms with Crippen molar-refractivity contribution in [2.75, 3.05) is 83.4 Å². The van der Waals surface area contributed by atoms with Crippen LogP contribution in [0.5, 0.6) is 0 Å². The van der Waals surface area contributed by atoms with Crippen LogP contribution in [0.1, 0.15) is 25.3 Å². The Labute approximate surface area is 406 Å². The van der Waals surface area contributed by atoms with Crippen molar-refractivity contribution in [1.82, 2.24) is 29.8 Å². The van der Waals surface area contributed by atoms with Gasteiger partial charge in [-0.3, -0.25) is 24.2 Å². The van der Waals surface area contributed by atoms with Gasteiger partial charge in [-0.15, -0.1) is 0 Å². The molecule has 2 aromatic rings. The molecule has 0 saturated carbocycles. The van der Waals surface area contributed by atoms with Gasteiger partial charge in [0.05, 0.1) is 18.8 Å². The van der Waals surface area contributed by atoms with Crippen LogP contribution in [0.2, 0.25) is 10.0 Å². The number of amides is 6. The van der Waals surface area contributed by atoms with E-state index in [0.29, 0.717) is 12.8 Å². The summed E-state index contributed by atoms with van der Waals surface area (Å²) in [5.41, 5.74) is -0.110. The largest absolute Gasteiger partial charge is 3.00 e. The molecule has 4 N–H and O–H groups in total. The van der Waals surface area contributed by atoms with Crippen LogP contribution in [0.4, 0.5) is 20.1 Å². The first-order valence-corrected chi connectivity index (χ1v) is 18.9. The van der Waals surface area contributed by atoms with Crippen LogP contribution in [0.3, 0.4) is 0 Å². The van der Waals surface area contributed by atoms with Crippen molar-refractivity contribution in [3.63, 3.8) is 0 Å². The van der Waals surface area contributed by atoms with Gasteiger partial charge in [-0.2, -0.15) is 0 Å². The molecular weight excluding hydrogens is 1160 g/mol. The summed E-state index contributed by atoms with van der Waals surface area (Å²) in [5, 5.41) is 32.0. The van der Waals surface area contributed by atoms with Crippen molar-refractivity contribution in [3.05, 3.63) is 62.5 Å². The molecular formula is C35H44BrCl2In3N7O9+9. The summed E-state index contributed by atoms with van der Waals surface area (Å²) in [7, 11) is 0. The van der Waals surface area contributed by atoms with Gasteiger partial charge in [0.15, 0.2) is 0 Å². The van der Waals surface area contributed by atoms with Crippen LogP contribution in [0.15, 0.2) is 46.9 Å². The van der Waals surface area contributed by atoms with E-state index in [1.54, 1.807) is 16.7 Å². The van der Waals surface area contributed by atoms with Crippen molar-refractivity contribution in [2.24, 2.45) is 0 Å². The minimum Gasteiger partial charge on any atom is -0.480 e. The number of carbonyl (C=O) groups is 6. The molecule has 294 valence electrons. The maximum Gasteiger partial charge on any atom is 3.00 e. The molecule has 0 radical (unpaired) electrons. The van der Waals surface area contributed by atoms with E-state index in [4.69, 9.17) is 23.2 Å². The molecule has 0 bridgehead atoms. The van der Waals surface area contributed by atoms with Crippen LogP contribution < -0.4 is 10.2 Å². The fourth-order valence-corrected chi connectivity index (χ4v) is 7.23. The number of hydrogen-bond acceptors (Lipinski definition) is 8. The molecule has 2 fully saturated rings. The molecule has 2 aliphatic heterocycles. The fourth-order valence-electron chi connectivity index (χ4n) is 6.45. The van der Waals surface area contributed by atoms with Crippen molar-refractivity contribution in [2.45, 2.75) is 31.7 Å². The topological polar surface area (TPSA) is 195 Å². The summed E-state index contributed by atoms with van der Waals surface area (Å²) < 4.78 is 0.874. The SMILES string of the molecule is C[C@]1(Cc2ccc(Br)cc2)C(=O)N(c2cc(Cl)cc(Cl)c2)C(=O)N1CCCCNC(=O)CN1CCN(CC(=O)O)CCN(C(=O)O)CCN(C(=O)O)CC1.[In+3].[In+3].[In+3]. The van der Waals surface area contributed by atoms with Gasteiger partial charge in [-0.25, -0.2) is 19.3 Å². The van der Waals surface area contributed by atoms with Gasteiger partial charge >= 0.3 is 102 Å². The molecule has 0 aliphatic carbocycles. The first kappa shape index (κ1) is 53.5. The first-order chi connectivity index (χ1) is 25.6. The molecule has 2 saturated heterocycles. The third kappa shape index (κ3) is 15.8. The molecule has 2 heterocycles. The third-order valence-electron chi connectivity index (χ3n) is 9.39. The number of rotatable bonds is 12. The molecule has 57 heavy (non-hydrogen) atoms. The average Bonchev–Trinajstić information content (AvgIpc) is 3.26. The number of carboxylic acid groups (broad SMARTS) is 3. The van der Waals surface area contributed by atoms with E-state index in [9.17, 15) is 44.1 Å². The molecule has 6 amide bonds. The smallest absolute Gasteiger partial charge is 0.480 e. The number of carbonyl (C=O) groups excluding carboxylic acids is 3. The average molecular weight is 1200 g/mol. The number of benzene rings is 2. The Morgan fingerprint density at radius 1 is 0.754 bits per heavy atom. The van der Waals surface area contributed by atoms with E-state index in [-0.39, 0.29) is 184 Å².